The Kier molecular flexibility index (Phi) is 8.27. The summed E-state index contributed by atoms with van der Waals surface area (Å²) in [6.45, 7) is 8.79. The van der Waals surface area contributed by atoms with E-state index in [-0.39, 0.29) is 0 Å². The standard InChI is InChI=1S/C30H32ClN3S/c1-22-10-13-26(24(3)19-22)20-33-17-6-8-28(33)21-34(18-16-25-11-14-27(31)15-12-25)30(35)32-29-9-5-4-7-23(29)2/h4-15,17,19H,16,18,20-21H2,1-3H3,(H,32,35). The van der Waals surface area contributed by atoms with Gasteiger partial charge in [-0.3, -0.25) is 0 Å². The van der Waals surface area contributed by atoms with Crippen molar-refractivity contribution in [2.24, 2.45) is 0 Å². The van der Waals surface area contributed by atoms with Crippen LogP contribution in [0, 0.1) is 20.8 Å². The third kappa shape index (κ3) is 6.74. The molecule has 0 fully saturated rings. The SMILES string of the molecule is Cc1ccc(Cn2cccc2CN(CCc2ccc(Cl)cc2)C(=S)Nc2ccccc2C)c(C)c1. The van der Waals surface area contributed by atoms with E-state index < -0.39 is 0 Å². The molecule has 1 aromatic heterocycles. The van der Waals surface area contributed by atoms with Gasteiger partial charge in [0.2, 0.25) is 0 Å². The monoisotopic (exact) mass is 501 g/mol. The molecule has 3 aromatic carbocycles. The molecule has 0 atom stereocenters. The summed E-state index contributed by atoms with van der Waals surface area (Å²) in [5.74, 6) is 0. The van der Waals surface area contributed by atoms with E-state index in [1.54, 1.807) is 0 Å². The molecule has 1 N–H and O–H groups in total. The molecule has 4 aromatic rings. The molecule has 0 aliphatic rings. The predicted molar refractivity (Wildman–Crippen MR) is 152 cm³/mol. The minimum Gasteiger partial charge on any atom is -0.345 e. The van der Waals surface area contributed by atoms with Gasteiger partial charge in [0.1, 0.15) is 0 Å². The minimum atomic E-state index is 0.725. The van der Waals surface area contributed by atoms with Crippen molar-refractivity contribution in [2.45, 2.75) is 40.3 Å². The first-order valence-corrected chi connectivity index (χ1v) is 12.7. The topological polar surface area (TPSA) is 20.2 Å². The number of thiocarbonyl (C=S) groups is 1. The average Bonchev–Trinajstić information content (AvgIpc) is 3.27. The number of rotatable bonds is 8. The Morgan fingerprint density at radius 1 is 0.914 bits per heavy atom. The molecule has 0 amide bonds. The highest BCUT2D eigenvalue weighted by atomic mass is 35.5. The van der Waals surface area contributed by atoms with Crippen LogP contribution in [-0.2, 0) is 19.5 Å². The number of hydrogen-bond donors (Lipinski definition) is 1. The van der Waals surface area contributed by atoms with Gasteiger partial charge in [0.25, 0.3) is 0 Å². The molecule has 0 unspecified atom stereocenters. The fourth-order valence-corrected chi connectivity index (χ4v) is 4.62. The van der Waals surface area contributed by atoms with Crippen molar-refractivity contribution in [3.05, 3.63) is 124 Å². The van der Waals surface area contributed by atoms with Gasteiger partial charge in [-0.15, -0.1) is 0 Å². The highest BCUT2D eigenvalue weighted by Gasteiger charge is 2.15. The Hall–Kier alpha value is -3.08. The summed E-state index contributed by atoms with van der Waals surface area (Å²) >= 11 is 12.0. The second-order valence-corrected chi connectivity index (χ2v) is 9.92. The number of anilines is 1. The predicted octanol–water partition coefficient (Wildman–Crippen LogP) is 7.56. The van der Waals surface area contributed by atoms with Crippen LogP contribution in [0.2, 0.25) is 5.02 Å². The van der Waals surface area contributed by atoms with E-state index in [1.807, 2.05) is 24.3 Å². The third-order valence-corrected chi connectivity index (χ3v) is 6.98. The van der Waals surface area contributed by atoms with E-state index in [1.165, 1.54) is 33.5 Å². The highest BCUT2D eigenvalue weighted by molar-refractivity contribution is 7.80. The number of halogens is 1. The molecule has 180 valence electrons. The normalized spacial score (nSPS) is 10.9. The zero-order valence-corrected chi connectivity index (χ0v) is 22.2. The molecule has 0 aliphatic heterocycles. The van der Waals surface area contributed by atoms with Gasteiger partial charge in [-0.05, 0) is 92.0 Å². The van der Waals surface area contributed by atoms with Crippen LogP contribution in [0.5, 0.6) is 0 Å². The Morgan fingerprint density at radius 2 is 1.69 bits per heavy atom. The zero-order valence-electron chi connectivity index (χ0n) is 20.6. The molecule has 1 heterocycles. The highest BCUT2D eigenvalue weighted by Crippen LogP contribution is 2.18. The van der Waals surface area contributed by atoms with Crippen LogP contribution in [0.1, 0.15) is 33.5 Å². The maximum atomic E-state index is 6.08. The number of hydrogen-bond acceptors (Lipinski definition) is 1. The number of para-hydroxylation sites is 1. The number of aromatic nitrogens is 1. The van der Waals surface area contributed by atoms with Crippen LogP contribution in [0.25, 0.3) is 0 Å². The summed E-state index contributed by atoms with van der Waals surface area (Å²) in [7, 11) is 0. The Labute approximate surface area is 219 Å². The fourth-order valence-electron chi connectivity index (χ4n) is 4.22. The first-order chi connectivity index (χ1) is 16.9. The molecule has 0 saturated heterocycles. The van der Waals surface area contributed by atoms with Gasteiger partial charge in [0.05, 0.1) is 6.54 Å². The first kappa shape index (κ1) is 25.0. The van der Waals surface area contributed by atoms with Gasteiger partial charge in [-0.2, -0.15) is 0 Å². The van der Waals surface area contributed by atoms with Gasteiger partial charge >= 0.3 is 0 Å². The van der Waals surface area contributed by atoms with Crippen molar-refractivity contribution in [1.82, 2.24) is 9.47 Å². The molecule has 5 heteroatoms. The lowest BCUT2D eigenvalue weighted by Crippen LogP contribution is -2.36. The largest absolute Gasteiger partial charge is 0.345 e. The number of nitrogens with one attached hydrogen (secondary N) is 1. The fraction of sp³-hybridized carbons (Fsp3) is 0.233. The van der Waals surface area contributed by atoms with Gasteiger partial charge in [-0.1, -0.05) is 65.7 Å². The van der Waals surface area contributed by atoms with Crippen LogP contribution < -0.4 is 5.32 Å². The average molecular weight is 502 g/mol. The smallest absolute Gasteiger partial charge is 0.173 e. The summed E-state index contributed by atoms with van der Waals surface area (Å²) in [4.78, 5) is 2.25. The van der Waals surface area contributed by atoms with Gasteiger partial charge < -0.3 is 14.8 Å². The Morgan fingerprint density at radius 3 is 2.43 bits per heavy atom. The van der Waals surface area contributed by atoms with E-state index in [0.717, 1.165) is 41.9 Å². The van der Waals surface area contributed by atoms with E-state index in [2.05, 4.69) is 96.3 Å². The molecule has 4 rings (SSSR count). The van der Waals surface area contributed by atoms with E-state index in [0.29, 0.717) is 0 Å². The summed E-state index contributed by atoms with van der Waals surface area (Å²) in [6.07, 6.45) is 3.04. The van der Waals surface area contributed by atoms with Crippen LogP contribution in [0.3, 0.4) is 0 Å². The molecular weight excluding hydrogens is 470 g/mol. The lowest BCUT2D eigenvalue weighted by molar-refractivity contribution is 0.409. The van der Waals surface area contributed by atoms with Crippen LogP contribution in [0.15, 0.2) is 85.1 Å². The molecule has 0 saturated carbocycles. The van der Waals surface area contributed by atoms with Crippen molar-refractivity contribution in [3.8, 4) is 0 Å². The summed E-state index contributed by atoms with van der Waals surface area (Å²) < 4.78 is 2.32. The van der Waals surface area contributed by atoms with Crippen molar-refractivity contribution >= 4 is 34.6 Å². The number of nitrogens with zero attached hydrogens (tertiary/aromatic N) is 2. The molecule has 0 radical (unpaired) electrons. The van der Waals surface area contributed by atoms with Crippen molar-refractivity contribution < 1.29 is 0 Å². The maximum absolute atomic E-state index is 6.08. The third-order valence-electron chi connectivity index (χ3n) is 6.37. The van der Waals surface area contributed by atoms with Crippen LogP contribution >= 0.6 is 23.8 Å². The molecular formula is C30H32ClN3S. The molecule has 3 nitrogen and oxygen atoms in total. The van der Waals surface area contributed by atoms with E-state index in [9.17, 15) is 0 Å². The van der Waals surface area contributed by atoms with E-state index in [4.69, 9.17) is 23.8 Å². The lowest BCUT2D eigenvalue weighted by atomic mass is 10.1. The van der Waals surface area contributed by atoms with Gasteiger partial charge in [0, 0.05) is 35.7 Å². The molecule has 0 aliphatic carbocycles. The Bertz CT molecular complexity index is 1290. The second-order valence-electron chi connectivity index (χ2n) is 9.10. The maximum Gasteiger partial charge on any atom is 0.173 e. The minimum absolute atomic E-state index is 0.725. The number of benzene rings is 3. The summed E-state index contributed by atoms with van der Waals surface area (Å²) in [6, 6.07) is 27.3. The molecule has 0 spiro atoms. The number of aryl methyl sites for hydroxylation is 3. The summed E-state index contributed by atoms with van der Waals surface area (Å²) in [5.41, 5.74) is 8.63. The quantitative estimate of drug-likeness (QED) is 0.251. The zero-order chi connectivity index (χ0) is 24.8. The van der Waals surface area contributed by atoms with Crippen molar-refractivity contribution in [2.75, 3.05) is 11.9 Å². The second kappa shape index (κ2) is 11.6. The Balaban J connectivity index is 1.54. The van der Waals surface area contributed by atoms with Crippen LogP contribution in [0.4, 0.5) is 5.69 Å². The first-order valence-electron chi connectivity index (χ1n) is 11.9. The molecule has 0 bridgehead atoms. The van der Waals surface area contributed by atoms with Crippen molar-refractivity contribution in [1.29, 1.82) is 0 Å². The van der Waals surface area contributed by atoms with Gasteiger partial charge in [-0.25, -0.2) is 0 Å². The van der Waals surface area contributed by atoms with E-state index >= 15 is 0 Å². The summed E-state index contributed by atoms with van der Waals surface area (Å²) in [5, 5.41) is 4.96. The van der Waals surface area contributed by atoms with Gasteiger partial charge in [0.15, 0.2) is 5.11 Å². The van der Waals surface area contributed by atoms with Crippen LogP contribution in [-0.4, -0.2) is 21.1 Å². The van der Waals surface area contributed by atoms with Crippen molar-refractivity contribution in [3.63, 3.8) is 0 Å². The molecule has 35 heavy (non-hydrogen) atoms. The lowest BCUT2D eigenvalue weighted by Gasteiger charge is -2.27.